The Hall–Kier alpha value is -2.37. The molecule has 1 aliphatic heterocycles. The highest BCUT2D eigenvalue weighted by atomic mass is 16.2. The number of benzene rings is 1. The maximum absolute atomic E-state index is 12.8. The van der Waals surface area contributed by atoms with Crippen LogP contribution in [0.4, 0.5) is 0 Å². The zero-order valence-corrected chi connectivity index (χ0v) is 16.8. The third kappa shape index (κ3) is 6.38. The lowest BCUT2D eigenvalue weighted by atomic mass is 10.1. The summed E-state index contributed by atoms with van der Waals surface area (Å²) in [6.07, 6.45) is 1.00. The number of nitrogens with one attached hydrogen (secondary N) is 1. The minimum atomic E-state index is -0.365. The van der Waals surface area contributed by atoms with Crippen molar-refractivity contribution in [2.45, 2.75) is 46.1 Å². The predicted octanol–water partition coefficient (Wildman–Crippen LogP) is 1.84. The molecule has 1 heterocycles. The van der Waals surface area contributed by atoms with Crippen LogP contribution in [0.15, 0.2) is 30.3 Å². The van der Waals surface area contributed by atoms with Crippen LogP contribution >= 0.6 is 0 Å². The molecule has 2 rings (SSSR count). The molecule has 1 aromatic carbocycles. The summed E-state index contributed by atoms with van der Waals surface area (Å²) >= 11 is 0. The number of likely N-dealkylation sites (N-methyl/N-ethyl adjacent to an activating group) is 1. The Kier molecular flexibility index (Phi) is 6.99. The van der Waals surface area contributed by atoms with Crippen molar-refractivity contribution in [2.75, 3.05) is 26.2 Å². The summed E-state index contributed by atoms with van der Waals surface area (Å²) in [6, 6.07) is 10.0. The third-order valence-corrected chi connectivity index (χ3v) is 4.62. The minimum absolute atomic E-state index is 0.0134. The highest BCUT2D eigenvalue weighted by Gasteiger charge is 2.36. The van der Waals surface area contributed by atoms with Crippen molar-refractivity contribution in [3.05, 3.63) is 35.9 Å². The average molecular weight is 373 g/mol. The van der Waals surface area contributed by atoms with E-state index in [0.717, 1.165) is 6.42 Å². The van der Waals surface area contributed by atoms with E-state index >= 15 is 0 Å². The monoisotopic (exact) mass is 373 g/mol. The van der Waals surface area contributed by atoms with Crippen LogP contribution in [-0.4, -0.2) is 59.2 Å². The van der Waals surface area contributed by atoms with Crippen molar-refractivity contribution in [1.82, 2.24) is 15.1 Å². The molecule has 0 saturated carbocycles. The fraction of sp³-hybridized carbons (Fsp3) is 0.571. The fourth-order valence-corrected chi connectivity index (χ4v) is 3.30. The van der Waals surface area contributed by atoms with Crippen LogP contribution in [0.2, 0.25) is 0 Å². The quantitative estimate of drug-likeness (QED) is 0.793. The Balaban J connectivity index is 1.89. The van der Waals surface area contributed by atoms with E-state index in [1.165, 1.54) is 5.56 Å². The van der Waals surface area contributed by atoms with Gasteiger partial charge in [-0.05, 0) is 39.7 Å². The SMILES string of the molecule is CCN(CC(=O)NC(C)(C)C)C(=O)C1CC(=O)N(CCc2ccccc2)C1. The van der Waals surface area contributed by atoms with Crippen molar-refractivity contribution < 1.29 is 14.4 Å². The number of carbonyl (C=O) groups is 3. The van der Waals surface area contributed by atoms with Gasteiger partial charge < -0.3 is 15.1 Å². The molecule has 1 unspecified atom stereocenters. The van der Waals surface area contributed by atoms with Gasteiger partial charge in [0.05, 0.1) is 12.5 Å². The molecular formula is C21H31N3O3. The molecule has 0 aliphatic carbocycles. The van der Waals surface area contributed by atoms with Crippen molar-refractivity contribution >= 4 is 17.7 Å². The normalized spacial score (nSPS) is 17.1. The Morgan fingerprint density at radius 1 is 1.22 bits per heavy atom. The van der Waals surface area contributed by atoms with Crippen molar-refractivity contribution in [3.8, 4) is 0 Å². The number of hydrogen-bond donors (Lipinski definition) is 1. The van der Waals surface area contributed by atoms with Gasteiger partial charge in [-0.3, -0.25) is 14.4 Å². The zero-order valence-electron chi connectivity index (χ0n) is 16.8. The van der Waals surface area contributed by atoms with Crippen LogP contribution in [0, 0.1) is 5.92 Å². The Labute approximate surface area is 161 Å². The predicted molar refractivity (Wildman–Crippen MR) is 105 cm³/mol. The summed E-state index contributed by atoms with van der Waals surface area (Å²) in [7, 11) is 0. The zero-order chi connectivity index (χ0) is 20.0. The number of carbonyl (C=O) groups excluding carboxylic acids is 3. The van der Waals surface area contributed by atoms with E-state index in [-0.39, 0.29) is 42.1 Å². The number of amides is 3. The number of rotatable bonds is 7. The molecule has 0 aromatic heterocycles. The highest BCUT2D eigenvalue weighted by molar-refractivity contribution is 5.91. The third-order valence-electron chi connectivity index (χ3n) is 4.62. The second kappa shape index (κ2) is 9.02. The Morgan fingerprint density at radius 2 is 1.89 bits per heavy atom. The topological polar surface area (TPSA) is 69.7 Å². The molecular weight excluding hydrogens is 342 g/mol. The van der Waals surface area contributed by atoms with E-state index in [0.29, 0.717) is 19.6 Å². The molecule has 1 atom stereocenters. The first-order valence-electron chi connectivity index (χ1n) is 9.61. The fourth-order valence-electron chi connectivity index (χ4n) is 3.30. The van der Waals surface area contributed by atoms with Gasteiger partial charge in [-0.15, -0.1) is 0 Å². The molecule has 1 fully saturated rings. The molecule has 1 aliphatic rings. The molecule has 1 saturated heterocycles. The molecule has 0 radical (unpaired) electrons. The maximum Gasteiger partial charge on any atom is 0.240 e. The lowest BCUT2D eigenvalue weighted by Gasteiger charge is -2.26. The summed E-state index contributed by atoms with van der Waals surface area (Å²) in [4.78, 5) is 40.6. The summed E-state index contributed by atoms with van der Waals surface area (Å²) in [5, 5.41) is 2.88. The van der Waals surface area contributed by atoms with Crippen LogP contribution in [0.5, 0.6) is 0 Å². The van der Waals surface area contributed by atoms with Crippen molar-refractivity contribution in [2.24, 2.45) is 5.92 Å². The summed E-state index contributed by atoms with van der Waals surface area (Å²) < 4.78 is 0. The first-order chi connectivity index (χ1) is 12.7. The van der Waals surface area contributed by atoms with Gasteiger partial charge in [0.1, 0.15) is 0 Å². The molecule has 6 heteroatoms. The molecule has 27 heavy (non-hydrogen) atoms. The molecule has 1 aromatic rings. The van der Waals surface area contributed by atoms with E-state index in [2.05, 4.69) is 5.32 Å². The van der Waals surface area contributed by atoms with E-state index < -0.39 is 0 Å². The van der Waals surface area contributed by atoms with Gasteiger partial charge in [-0.2, -0.15) is 0 Å². The molecule has 0 spiro atoms. The number of nitrogens with zero attached hydrogens (tertiary/aromatic N) is 2. The lowest BCUT2D eigenvalue weighted by Crippen LogP contribution is -2.48. The lowest BCUT2D eigenvalue weighted by molar-refractivity contribution is -0.139. The van der Waals surface area contributed by atoms with Gasteiger partial charge in [0, 0.05) is 31.6 Å². The van der Waals surface area contributed by atoms with E-state index in [9.17, 15) is 14.4 Å². The van der Waals surface area contributed by atoms with E-state index in [4.69, 9.17) is 0 Å². The number of hydrogen-bond acceptors (Lipinski definition) is 3. The molecule has 3 amide bonds. The first kappa shape index (κ1) is 20.9. The van der Waals surface area contributed by atoms with E-state index in [1.807, 2.05) is 58.0 Å². The summed E-state index contributed by atoms with van der Waals surface area (Å²) in [5.41, 5.74) is 0.839. The smallest absolute Gasteiger partial charge is 0.240 e. The Morgan fingerprint density at radius 3 is 2.48 bits per heavy atom. The van der Waals surface area contributed by atoms with Crippen LogP contribution in [0.1, 0.15) is 39.7 Å². The number of likely N-dealkylation sites (tertiary alicyclic amines) is 1. The van der Waals surface area contributed by atoms with Gasteiger partial charge in [-0.1, -0.05) is 30.3 Å². The maximum atomic E-state index is 12.8. The van der Waals surface area contributed by atoms with Crippen molar-refractivity contribution in [1.29, 1.82) is 0 Å². The molecule has 148 valence electrons. The largest absolute Gasteiger partial charge is 0.350 e. The molecule has 0 bridgehead atoms. The second-order valence-corrected chi connectivity index (χ2v) is 8.13. The average Bonchev–Trinajstić information content (AvgIpc) is 2.97. The molecule has 1 N–H and O–H groups in total. The van der Waals surface area contributed by atoms with Gasteiger partial charge in [0.2, 0.25) is 17.7 Å². The van der Waals surface area contributed by atoms with Gasteiger partial charge in [0.15, 0.2) is 0 Å². The van der Waals surface area contributed by atoms with Gasteiger partial charge >= 0.3 is 0 Å². The van der Waals surface area contributed by atoms with Crippen LogP contribution in [0.3, 0.4) is 0 Å². The van der Waals surface area contributed by atoms with Crippen LogP contribution in [-0.2, 0) is 20.8 Å². The standard InChI is InChI=1S/C21H31N3O3/c1-5-23(15-18(25)22-21(2,3)4)20(27)17-13-19(26)24(14-17)12-11-16-9-7-6-8-10-16/h6-10,17H,5,11-15H2,1-4H3,(H,22,25). The van der Waals surface area contributed by atoms with Crippen LogP contribution in [0.25, 0.3) is 0 Å². The van der Waals surface area contributed by atoms with E-state index in [1.54, 1.807) is 9.80 Å². The van der Waals surface area contributed by atoms with Crippen LogP contribution < -0.4 is 5.32 Å². The second-order valence-electron chi connectivity index (χ2n) is 8.13. The summed E-state index contributed by atoms with van der Waals surface area (Å²) in [6.45, 7) is 9.10. The van der Waals surface area contributed by atoms with Crippen molar-refractivity contribution in [3.63, 3.8) is 0 Å². The Bertz CT molecular complexity index is 667. The minimum Gasteiger partial charge on any atom is -0.350 e. The van der Waals surface area contributed by atoms with Gasteiger partial charge in [-0.25, -0.2) is 0 Å². The van der Waals surface area contributed by atoms with Gasteiger partial charge in [0.25, 0.3) is 0 Å². The highest BCUT2D eigenvalue weighted by Crippen LogP contribution is 2.20. The first-order valence-corrected chi connectivity index (χ1v) is 9.61. The summed E-state index contributed by atoms with van der Waals surface area (Å²) in [5.74, 6) is -0.643. The molecule has 6 nitrogen and oxygen atoms in total.